The number of hydrogen-bond donors (Lipinski definition) is 6. The van der Waals surface area contributed by atoms with E-state index in [9.17, 15) is 24.0 Å². The molecule has 1 fully saturated rings. The van der Waals surface area contributed by atoms with Gasteiger partial charge in [-0.1, -0.05) is 88.4 Å². The quantitative estimate of drug-likeness (QED) is 0.206. The SMILES string of the molecule is CC(C)C[C@@H]1NC(=O)[C@H](CCCCN)NC(=O)[C@H](Cc2ccccc2)NC(=O)[C@H](Cc2ccccc2)NC(=O)[C@H](C(C)C)NC1=O. The van der Waals surface area contributed by atoms with Gasteiger partial charge in [0, 0.05) is 12.8 Å². The third kappa shape index (κ3) is 11.3. The van der Waals surface area contributed by atoms with Crippen LogP contribution in [0.1, 0.15) is 64.5 Å². The highest BCUT2D eigenvalue weighted by molar-refractivity contribution is 5.98. The first-order valence-electron chi connectivity index (χ1n) is 16.3. The summed E-state index contributed by atoms with van der Waals surface area (Å²) in [5.41, 5.74) is 7.32. The summed E-state index contributed by atoms with van der Waals surface area (Å²) in [6.07, 6.45) is 2.15. The van der Waals surface area contributed by atoms with Crippen LogP contribution in [-0.2, 0) is 36.8 Å². The zero-order chi connectivity index (χ0) is 33.6. The molecule has 2 aromatic rings. The maximum Gasteiger partial charge on any atom is 0.243 e. The molecule has 0 aliphatic carbocycles. The molecule has 7 N–H and O–H groups in total. The summed E-state index contributed by atoms with van der Waals surface area (Å²) in [6.45, 7) is 7.89. The van der Waals surface area contributed by atoms with E-state index in [0.29, 0.717) is 32.2 Å². The number of rotatable bonds is 11. The van der Waals surface area contributed by atoms with Crippen LogP contribution in [0.2, 0.25) is 0 Å². The van der Waals surface area contributed by atoms with Gasteiger partial charge in [0.25, 0.3) is 0 Å². The van der Waals surface area contributed by atoms with Crippen LogP contribution >= 0.6 is 0 Å². The highest BCUT2D eigenvalue weighted by Crippen LogP contribution is 2.13. The Labute approximate surface area is 272 Å². The summed E-state index contributed by atoms with van der Waals surface area (Å²) in [5, 5.41) is 14.2. The lowest BCUT2D eigenvalue weighted by Crippen LogP contribution is -2.59. The number of benzene rings is 2. The molecule has 0 saturated carbocycles. The standard InChI is InChI=1S/C35H50N6O5/c1-22(2)19-27-34(45)41-30(23(3)4)35(46)40-29(21-25-15-9-6-10-16-25)33(44)39-28(20-24-13-7-5-8-14-24)32(43)37-26(31(42)38-27)17-11-12-18-36/h5-10,13-16,22-23,26-30H,11-12,17-21,36H2,1-4H3,(H,37,43)(H,38,42)(H,39,44)(H,40,46)(H,41,45)/t26-,27-,28-,29-,30-/m0/s1. The minimum Gasteiger partial charge on any atom is -0.343 e. The van der Waals surface area contributed by atoms with Crippen LogP contribution < -0.4 is 32.3 Å². The molecule has 0 unspecified atom stereocenters. The monoisotopic (exact) mass is 634 g/mol. The molecule has 1 saturated heterocycles. The van der Waals surface area contributed by atoms with Crippen molar-refractivity contribution in [1.82, 2.24) is 26.6 Å². The van der Waals surface area contributed by atoms with E-state index in [2.05, 4.69) is 26.6 Å². The van der Waals surface area contributed by atoms with Crippen molar-refractivity contribution in [2.45, 2.75) is 96.4 Å². The largest absolute Gasteiger partial charge is 0.343 e. The third-order valence-corrected chi connectivity index (χ3v) is 8.00. The molecular weight excluding hydrogens is 584 g/mol. The van der Waals surface area contributed by atoms with Crippen LogP contribution in [-0.4, -0.2) is 66.3 Å². The normalized spacial score (nSPS) is 23.5. The summed E-state index contributed by atoms with van der Waals surface area (Å²) in [5.74, 6) is -2.95. The van der Waals surface area contributed by atoms with Crippen LogP contribution in [0.3, 0.4) is 0 Å². The van der Waals surface area contributed by atoms with Crippen molar-refractivity contribution >= 4 is 29.5 Å². The fourth-order valence-electron chi connectivity index (χ4n) is 5.45. The van der Waals surface area contributed by atoms with E-state index >= 15 is 0 Å². The lowest BCUT2D eigenvalue weighted by Gasteiger charge is -2.28. The number of hydrogen-bond acceptors (Lipinski definition) is 6. The smallest absolute Gasteiger partial charge is 0.243 e. The number of carbonyl (C=O) groups is 5. The Morgan fingerprint density at radius 3 is 1.48 bits per heavy atom. The minimum atomic E-state index is -1.05. The summed E-state index contributed by atoms with van der Waals surface area (Å²) in [7, 11) is 0. The summed E-state index contributed by atoms with van der Waals surface area (Å²) >= 11 is 0. The summed E-state index contributed by atoms with van der Waals surface area (Å²) in [6, 6.07) is 13.5. The van der Waals surface area contributed by atoms with Gasteiger partial charge in [0.15, 0.2) is 0 Å². The van der Waals surface area contributed by atoms with Crippen molar-refractivity contribution in [3.63, 3.8) is 0 Å². The van der Waals surface area contributed by atoms with E-state index in [-0.39, 0.29) is 24.7 Å². The Balaban J connectivity index is 2.07. The molecule has 11 heteroatoms. The molecule has 5 atom stereocenters. The predicted molar refractivity (Wildman–Crippen MR) is 177 cm³/mol. The molecule has 3 rings (SSSR count). The Kier molecular flexibility index (Phi) is 14.2. The third-order valence-electron chi connectivity index (χ3n) is 8.00. The molecular formula is C35H50N6O5. The second-order valence-electron chi connectivity index (χ2n) is 12.8. The Morgan fingerprint density at radius 1 is 0.565 bits per heavy atom. The Hall–Kier alpha value is -4.25. The second kappa shape index (κ2) is 18.0. The highest BCUT2D eigenvalue weighted by Gasteiger charge is 2.35. The van der Waals surface area contributed by atoms with Crippen LogP contribution in [0.4, 0.5) is 0 Å². The molecule has 1 aliphatic rings. The van der Waals surface area contributed by atoms with Gasteiger partial charge in [-0.3, -0.25) is 24.0 Å². The van der Waals surface area contributed by atoms with E-state index in [4.69, 9.17) is 5.73 Å². The van der Waals surface area contributed by atoms with Crippen molar-refractivity contribution < 1.29 is 24.0 Å². The molecule has 1 aliphatic heterocycles. The average molecular weight is 635 g/mol. The Morgan fingerprint density at radius 2 is 1.00 bits per heavy atom. The number of unbranched alkanes of at least 4 members (excludes halogenated alkanes) is 1. The van der Waals surface area contributed by atoms with Crippen LogP contribution in [0.15, 0.2) is 60.7 Å². The fourth-order valence-corrected chi connectivity index (χ4v) is 5.45. The topological polar surface area (TPSA) is 172 Å². The maximum absolute atomic E-state index is 13.9. The van der Waals surface area contributed by atoms with Gasteiger partial charge in [-0.15, -0.1) is 0 Å². The lowest BCUT2D eigenvalue weighted by atomic mass is 9.98. The van der Waals surface area contributed by atoms with Crippen molar-refractivity contribution in [1.29, 1.82) is 0 Å². The van der Waals surface area contributed by atoms with Crippen LogP contribution in [0.5, 0.6) is 0 Å². The van der Waals surface area contributed by atoms with E-state index in [1.807, 2.05) is 74.5 Å². The van der Waals surface area contributed by atoms with Gasteiger partial charge >= 0.3 is 0 Å². The van der Waals surface area contributed by atoms with E-state index < -0.39 is 59.7 Å². The molecule has 0 spiro atoms. The van der Waals surface area contributed by atoms with Crippen LogP contribution in [0, 0.1) is 11.8 Å². The number of carbonyl (C=O) groups excluding carboxylic acids is 5. The van der Waals surface area contributed by atoms with Gasteiger partial charge in [0.2, 0.25) is 29.5 Å². The Bertz CT molecular complexity index is 1300. The number of nitrogens with two attached hydrogens (primary N) is 1. The zero-order valence-corrected chi connectivity index (χ0v) is 27.4. The first kappa shape index (κ1) is 36.2. The fraction of sp³-hybridized carbons (Fsp3) is 0.514. The molecule has 46 heavy (non-hydrogen) atoms. The van der Waals surface area contributed by atoms with Gasteiger partial charge in [-0.2, -0.15) is 0 Å². The summed E-state index contributed by atoms with van der Waals surface area (Å²) in [4.78, 5) is 68.9. The predicted octanol–water partition coefficient (Wildman–Crippen LogP) is 1.74. The average Bonchev–Trinajstić information content (AvgIpc) is 3.02. The van der Waals surface area contributed by atoms with Gasteiger partial charge in [-0.05, 0) is 55.2 Å². The first-order valence-corrected chi connectivity index (χ1v) is 16.3. The maximum atomic E-state index is 13.9. The van der Waals surface area contributed by atoms with Crippen molar-refractivity contribution in [2.75, 3.05) is 6.54 Å². The number of amides is 5. The molecule has 5 amide bonds. The molecule has 0 bridgehead atoms. The van der Waals surface area contributed by atoms with E-state index in [1.165, 1.54) is 0 Å². The second-order valence-corrected chi connectivity index (χ2v) is 12.8. The molecule has 250 valence electrons. The van der Waals surface area contributed by atoms with Gasteiger partial charge < -0.3 is 32.3 Å². The van der Waals surface area contributed by atoms with E-state index in [1.54, 1.807) is 13.8 Å². The zero-order valence-electron chi connectivity index (χ0n) is 27.4. The molecule has 0 aromatic heterocycles. The lowest BCUT2D eigenvalue weighted by molar-refractivity contribution is -0.135. The molecule has 11 nitrogen and oxygen atoms in total. The van der Waals surface area contributed by atoms with Crippen molar-refractivity contribution in [3.8, 4) is 0 Å². The van der Waals surface area contributed by atoms with Gasteiger partial charge in [0.05, 0.1) is 0 Å². The molecule has 2 aromatic carbocycles. The van der Waals surface area contributed by atoms with E-state index in [0.717, 1.165) is 11.1 Å². The highest BCUT2D eigenvalue weighted by atomic mass is 16.2. The van der Waals surface area contributed by atoms with Crippen molar-refractivity contribution in [3.05, 3.63) is 71.8 Å². The molecule has 1 heterocycles. The number of nitrogens with one attached hydrogen (secondary N) is 5. The van der Waals surface area contributed by atoms with Gasteiger partial charge in [0.1, 0.15) is 30.2 Å². The van der Waals surface area contributed by atoms with Crippen molar-refractivity contribution in [2.24, 2.45) is 17.6 Å². The van der Waals surface area contributed by atoms with Gasteiger partial charge in [-0.25, -0.2) is 0 Å². The summed E-state index contributed by atoms with van der Waals surface area (Å²) < 4.78 is 0. The minimum absolute atomic E-state index is 0.0436. The first-order chi connectivity index (χ1) is 22.0. The molecule has 0 radical (unpaired) electrons. The van der Waals surface area contributed by atoms with Crippen LogP contribution in [0.25, 0.3) is 0 Å².